The van der Waals surface area contributed by atoms with Crippen LogP contribution in [0.5, 0.6) is 0 Å². The van der Waals surface area contributed by atoms with Crippen LogP contribution in [-0.2, 0) is 11.3 Å². The third kappa shape index (κ3) is 3.28. The van der Waals surface area contributed by atoms with E-state index >= 15 is 0 Å². The minimum absolute atomic E-state index is 0.386. The molecule has 24 heavy (non-hydrogen) atoms. The number of rotatable bonds is 5. The van der Waals surface area contributed by atoms with Crippen LogP contribution in [0, 0.1) is 0 Å². The fourth-order valence-corrected chi connectivity index (χ4v) is 2.88. The highest BCUT2D eigenvalue weighted by Crippen LogP contribution is 2.24. The van der Waals surface area contributed by atoms with Crippen molar-refractivity contribution in [1.29, 1.82) is 0 Å². The first-order chi connectivity index (χ1) is 11.9. The maximum atomic E-state index is 5.44. The lowest BCUT2D eigenvalue weighted by atomic mass is 10.1. The molecule has 1 aliphatic heterocycles. The second-order valence-electron chi connectivity index (χ2n) is 5.86. The van der Waals surface area contributed by atoms with Crippen LogP contribution in [0.25, 0.3) is 5.69 Å². The van der Waals surface area contributed by atoms with Gasteiger partial charge in [0.05, 0.1) is 18.0 Å². The van der Waals surface area contributed by atoms with Crippen molar-refractivity contribution in [3.05, 3.63) is 66.4 Å². The first-order valence-corrected chi connectivity index (χ1v) is 8.11. The smallest absolute Gasteiger partial charge is 0.129 e. The molecule has 1 N–H and O–H groups in total. The van der Waals surface area contributed by atoms with E-state index in [0.29, 0.717) is 12.5 Å². The number of nitrogens with one attached hydrogen (secondary N) is 1. The lowest BCUT2D eigenvalue weighted by Gasteiger charge is -2.10. The normalized spacial score (nSPS) is 17.1. The molecule has 0 aliphatic carbocycles. The van der Waals surface area contributed by atoms with Gasteiger partial charge in [0.2, 0.25) is 0 Å². The van der Waals surface area contributed by atoms with Crippen molar-refractivity contribution in [1.82, 2.24) is 19.7 Å². The molecule has 0 saturated carbocycles. The van der Waals surface area contributed by atoms with E-state index in [9.17, 15) is 0 Å². The Labute approximate surface area is 140 Å². The predicted octanol–water partition coefficient (Wildman–Crippen LogP) is 2.78. The maximum absolute atomic E-state index is 5.44. The van der Waals surface area contributed by atoms with Crippen molar-refractivity contribution in [2.24, 2.45) is 0 Å². The molecule has 4 rings (SSSR count). The van der Waals surface area contributed by atoms with Crippen LogP contribution in [-0.4, -0.2) is 33.0 Å². The summed E-state index contributed by atoms with van der Waals surface area (Å²) in [6, 6.07) is 12.2. The second-order valence-corrected chi connectivity index (χ2v) is 5.86. The first-order valence-electron chi connectivity index (χ1n) is 8.11. The summed E-state index contributed by atoms with van der Waals surface area (Å²) in [6.45, 7) is 2.27. The summed E-state index contributed by atoms with van der Waals surface area (Å²) >= 11 is 0. The summed E-state index contributed by atoms with van der Waals surface area (Å²) in [6.07, 6.45) is 6.37. The number of hydrogen-bond acceptors (Lipinski definition) is 5. The van der Waals surface area contributed by atoms with Crippen LogP contribution in [0.2, 0.25) is 0 Å². The van der Waals surface area contributed by atoms with Gasteiger partial charge in [0.25, 0.3) is 0 Å². The van der Waals surface area contributed by atoms with Crippen molar-refractivity contribution in [3.63, 3.8) is 0 Å². The van der Waals surface area contributed by atoms with Gasteiger partial charge in [0.1, 0.15) is 12.1 Å². The molecule has 1 aliphatic rings. The summed E-state index contributed by atoms with van der Waals surface area (Å²) in [5, 5.41) is 7.64. The monoisotopic (exact) mass is 321 g/mol. The molecule has 1 aromatic carbocycles. The van der Waals surface area contributed by atoms with E-state index in [1.165, 1.54) is 5.56 Å². The lowest BCUT2D eigenvalue weighted by molar-refractivity contribution is 0.193. The molecule has 0 bridgehead atoms. The number of aromatic nitrogens is 4. The largest absolute Gasteiger partial charge is 0.381 e. The van der Waals surface area contributed by atoms with Crippen molar-refractivity contribution in [3.8, 4) is 5.69 Å². The Kier molecular flexibility index (Phi) is 4.20. The van der Waals surface area contributed by atoms with Gasteiger partial charge in [-0.15, -0.1) is 0 Å². The molecule has 3 heterocycles. The lowest BCUT2D eigenvalue weighted by Crippen LogP contribution is -2.06. The topological polar surface area (TPSA) is 64.9 Å². The van der Waals surface area contributed by atoms with Gasteiger partial charge in [-0.3, -0.25) is 0 Å². The molecule has 3 aromatic rings. The van der Waals surface area contributed by atoms with Gasteiger partial charge in [-0.05, 0) is 30.2 Å². The highest BCUT2D eigenvalue weighted by atomic mass is 16.5. The Bertz CT molecular complexity index is 797. The maximum Gasteiger partial charge on any atom is 0.129 e. The van der Waals surface area contributed by atoms with E-state index in [0.717, 1.165) is 36.8 Å². The summed E-state index contributed by atoms with van der Waals surface area (Å²) < 4.78 is 7.29. The average Bonchev–Trinajstić information content (AvgIpc) is 3.34. The van der Waals surface area contributed by atoms with Crippen LogP contribution in [0.15, 0.2) is 55.1 Å². The van der Waals surface area contributed by atoms with E-state index in [4.69, 9.17) is 4.74 Å². The van der Waals surface area contributed by atoms with Crippen molar-refractivity contribution in [2.45, 2.75) is 18.9 Å². The summed E-state index contributed by atoms with van der Waals surface area (Å²) in [5.41, 5.74) is 3.27. The molecular formula is C18H19N5O. The number of nitrogens with zero attached hydrogens (tertiary/aromatic N) is 4. The Morgan fingerprint density at radius 1 is 1.21 bits per heavy atom. The van der Waals surface area contributed by atoms with Crippen molar-refractivity contribution in [2.75, 3.05) is 18.5 Å². The van der Waals surface area contributed by atoms with Gasteiger partial charge in [-0.1, -0.05) is 12.1 Å². The number of ether oxygens (including phenoxy) is 1. The van der Waals surface area contributed by atoms with E-state index in [1.54, 1.807) is 12.5 Å². The van der Waals surface area contributed by atoms with Crippen LogP contribution in [0.4, 0.5) is 5.82 Å². The minimum atomic E-state index is 0.386. The SMILES string of the molecule is c1cc(CNc2cc([C@@H]3CCOC3)ncn2)cc(-n2cccn2)c1. The summed E-state index contributed by atoms with van der Waals surface area (Å²) in [4.78, 5) is 8.70. The number of benzene rings is 1. The third-order valence-corrected chi connectivity index (χ3v) is 4.19. The Balaban J connectivity index is 1.45. The fraction of sp³-hybridized carbons (Fsp3) is 0.278. The van der Waals surface area contributed by atoms with Crippen LogP contribution >= 0.6 is 0 Å². The standard InChI is InChI=1S/C18H19N5O/c1-3-14(9-16(4-1)23-7-2-6-22-23)11-19-18-10-17(20-13-21-18)15-5-8-24-12-15/h1-4,6-7,9-10,13,15H,5,8,11-12H2,(H,19,20,21)/t15-/m1/s1. The predicted molar refractivity (Wildman–Crippen MR) is 91.1 cm³/mol. The molecule has 1 atom stereocenters. The zero-order valence-electron chi connectivity index (χ0n) is 13.3. The molecule has 122 valence electrons. The van der Waals surface area contributed by atoms with Gasteiger partial charge in [0, 0.05) is 37.5 Å². The van der Waals surface area contributed by atoms with Crippen LogP contribution < -0.4 is 5.32 Å². The molecule has 2 aromatic heterocycles. The molecular weight excluding hydrogens is 302 g/mol. The highest BCUT2D eigenvalue weighted by molar-refractivity contribution is 5.40. The Hall–Kier alpha value is -2.73. The summed E-state index contributed by atoms with van der Waals surface area (Å²) in [5.74, 6) is 1.23. The van der Waals surface area contributed by atoms with Crippen molar-refractivity contribution < 1.29 is 4.74 Å². The number of hydrogen-bond donors (Lipinski definition) is 1. The highest BCUT2D eigenvalue weighted by Gasteiger charge is 2.19. The van der Waals surface area contributed by atoms with E-state index < -0.39 is 0 Å². The molecule has 6 heteroatoms. The van der Waals surface area contributed by atoms with Gasteiger partial charge in [0.15, 0.2) is 0 Å². The van der Waals surface area contributed by atoms with Crippen LogP contribution in [0.1, 0.15) is 23.6 Å². The molecule has 0 spiro atoms. The van der Waals surface area contributed by atoms with Gasteiger partial charge in [-0.25, -0.2) is 14.6 Å². The average molecular weight is 321 g/mol. The molecule has 0 unspecified atom stereocenters. The molecule has 6 nitrogen and oxygen atoms in total. The number of anilines is 1. The molecule has 1 fully saturated rings. The molecule has 0 radical (unpaired) electrons. The van der Waals surface area contributed by atoms with Gasteiger partial charge >= 0.3 is 0 Å². The zero-order valence-corrected chi connectivity index (χ0v) is 13.3. The Morgan fingerprint density at radius 2 is 2.21 bits per heavy atom. The van der Waals surface area contributed by atoms with Gasteiger partial charge < -0.3 is 10.1 Å². The zero-order chi connectivity index (χ0) is 16.2. The third-order valence-electron chi connectivity index (χ3n) is 4.19. The van der Waals surface area contributed by atoms with Gasteiger partial charge in [-0.2, -0.15) is 5.10 Å². The molecule has 1 saturated heterocycles. The molecule has 0 amide bonds. The Morgan fingerprint density at radius 3 is 3.04 bits per heavy atom. The fourth-order valence-electron chi connectivity index (χ4n) is 2.88. The van der Waals surface area contributed by atoms with E-state index in [1.807, 2.05) is 35.1 Å². The van der Waals surface area contributed by atoms with E-state index in [2.05, 4.69) is 32.5 Å². The van der Waals surface area contributed by atoms with Crippen molar-refractivity contribution >= 4 is 5.82 Å². The quantitative estimate of drug-likeness (QED) is 0.783. The summed E-state index contributed by atoms with van der Waals surface area (Å²) in [7, 11) is 0. The minimum Gasteiger partial charge on any atom is -0.381 e. The van der Waals surface area contributed by atoms with E-state index in [-0.39, 0.29) is 0 Å². The second kappa shape index (κ2) is 6.80. The first kappa shape index (κ1) is 14.8. The van der Waals surface area contributed by atoms with Crippen LogP contribution in [0.3, 0.4) is 0 Å².